The Labute approximate surface area is 208 Å². The van der Waals surface area contributed by atoms with E-state index in [1.165, 1.54) is 18.1 Å². The first-order valence-corrected chi connectivity index (χ1v) is 11.7. The monoisotopic (exact) mass is 476 g/mol. The summed E-state index contributed by atoms with van der Waals surface area (Å²) in [5.74, 6) is -0.252. The third kappa shape index (κ3) is 16.5. The van der Waals surface area contributed by atoms with Gasteiger partial charge in [0.25, 0.3) is 6.47 Å². The minimum atomic E-state index is -0.252. The predicted molar refractivity (Wildman–Crippen MR) is 141 cm³/mol. The van der Waals surface area contributed by atoms with Gasteiger partial charge in [0.2, 0.25) is 0 Å². The van der Waals surface area contributed by atoms with Gasteiger partial charge < -0.3 is 14.9 Å². The maximum atomic E-state index is 10.4. The van der Waals surface area contributed by atoms with E-state index in [0.717, 1.165) is 37.7 Å². The number of rotatable bonds is 10. The molecule has 35 heavy (non-hydrogen) atoms. The summed E-state index contributed by atoms with van der Waals surface area (Å²) in [5, 5.41) is 16.9. The fraction of sp³-hybridized carbons (Fsp3) is 0.267. The molecule has 5 heteroatoms. The van der Waals surface area contributed by atoms with Crippen molar-refractivity contribution in [2.24, 2.45) is 0 Å². The minimum Gasteiger partial charge on any atom is -0.483 e. The van der Waals surface area contributed by atoms with Gasteiger partial charge in [0, 0.05) is 6.92 Å². The molecule has 0 aromatic heterocycles. The molecule has 2 N–H and O–H groups in total. The molecule has 0 saturated carbocycles. The summed E-state index contributed by atoms with van der Waals surface area (Å²) in [6, 6.07) is 30.7. The average molecular weight is 477 g/mol. The Morgan fingerprint density at radius 2 is 1.31 bits per heavy atom. The molecule has 5 nitrogen and oxygen atoms in total. The standard InChI is InChI=1S/C18H22O.C11H12O2.CH2O2/c19-18(15-14-17-10-5-2-6-11-17)13-7-12-16-8-3-1-4-9-16;1-10(12)13-9-5-8-11-6-3-2-4-7-11;2-1-3/h1-6,8-11,18-19H,7,12-15H2;2-8H,9H2,1H3;1H,(H,2,3). The molecule has 3 aromatic rings. The summed E-state index contributed by atoms with van der Waals surface area (Å²) < 4.78 is 4.74. The van der Waals surface area contributed by atoms with Gasteiger partial charge in [-0.15, -0.1) is 0 Å². The van der Waals surface area contributed by atoms with Crippen LogP contribution in [-0.2, 0) is 27.2 Å². The maximum absolute atomic E-state index is 10.4. The minimum absolute atomic E-state index is 0.177. The van der Waals surface area contributed by atoms with Crippen LogP contribution in [0.15, 0.2) is 97.1 Å². The lowest BCUT2D eigenvalue weighted by Gasteiger charge is -2.10. The van der Waals surface area contributed by atoms with Crippen molar-refractivity contribution < 1.29 is 24.5 Å². The van der Waals surface area contributed by atoms with Crippen molar-refractivity contribution in [3.8, 4) is 0 Å². The van der Waals surface area contributed by atoms with E-state index in [2.05, 4.69) is 48.5 Å². The maximum Gasteiger partial charge on any atom is 0.302 e. The first-order chi connectivity index (χ1) is 17.0. The fourth-order valence-electron chi connectivity index (χ4n) is 3.22. The second kappa shape index (κ2) is 19.7. The molecule has 0 aliphatic heterocycles. The summed E-state index contributed by atoms with van der Waals surface area (Å²) in [6.45, 7) is 1.49. The molecule has 0 amide bonds. The first kappa shape index (κ1) is 29.3. The molecule has 0 spiro atoms. The van der Waals surface area contributed by atoms with Crippen molar-refractivity contribution in [3.05, 3.63) is 114 Å². The van der Waals surface area contributed by atoms with Crippen LogP contribution in [0.25, 0.3) is 6.08 Å². The first-order valence-electron chi connectivity index (χ1n) is 11.7. The zero-order valence-corrected chi connectivity index (χ0v) is 20.3. The molecule has 0 saturated heterocycles. The van der Waals surface area contributed by atoms with E-state index in [-0.39, 0.29) is 18.5 Å². The number of carbonyl (C=O) groups is 2. The molecular formula is C30H36O5. The molecular weight excluding hydrogens is 440 g/mol. The van der Waals surface area contributed by atoms with E-state index in [9.17, 15) is 9.90 Å². The molecule has 0 bridgehead atoms. The highest BCUT2D eigenvalue weighted by atomic mass is 16.5. The fourth-order valence-corrected chi connectivity index (χ4v) is 3.22. The molecule has 0 fully saturated rings. The number of hydrogen-bond donors (Lipinski definition) is 2. The summed E-state index contributed by atoms with van der Waals surface area (Å²) in [4.78, 5) is 18.8. The van der Waals surface area contributed by atoms with Crippen molar-refractivity contribution in [1.29, 1.82) is 0 Å². The lowest BCUT2D eigenvalue weighted by Crippen LogP contribution is -2.08. The van der Waals surface area contributed by atoms with Gasteiger partial charge in [-0.05, 0) is 54.9 Å². The number of benzene rings is 3. The Morgan fingerprint density at radius 3 is 1.83 bits per heavy atom. The van der Waals surface area contributed by atoms with Gasteiger partial charge in [0.1, 0.15) is 6.61 Å². The normalized spacial score (nSPS) is 10.8. The van der Waals surface area contributed by atoms with Gasteiger partial charge >= 0.3 is 5.97 Å². The van der Waals surface area contributed by atoms with E-state index >= 15 is 0 Å². The van der Waals surface area contributed by atoms with Gasteiger partial charge in [-0.2, -0.15) is 0 Å². The van der Waals surface area contributed by atoms with E-state index in [4.69, 9.17) is 14.6 Å². The van der Waals surface area contributed by atoms with E-state index < -0.39 is 0 Å². The second-order valence-electron chi connectivity index (χ2n) is 7.78. The number of ether oxygens (including phenoxy) is 1. The van der Waals surface area contributed by atoms with Crippen LogP contribution in [0.1, 0.15) is 42.9 Å². The number of hydrogen-bond acceptors (Lipinski definition) is 4. The van der Waals surface area contributed by atoms with Gasteiger partial charge in [-0.1, -0.05) is 97.1 Å². The number of aliphatic hydroxyl groups is 1. The Morgan fingerprint density at radius 1 is 0.829 bits per heavy atom. The summed E-state index contributed by atoms with van der Waals surface area (Å²) in [6.07, 6.45) is 8.39. The molecule has 186 valence electrons. The molecule has 0 aliphatic rings. The zero-order chi connectivity index (χ0) is 25.6. The summed E-state index contributed by atoms with van der Waals surface area (Å²) in [7, 11) is 0. The summed E-state index contributed by atoms with van der Waals surface area (Å²) in [5.41, 5.74) is 3.78. The molecule has 3 aromatic carbocycles. The van der Waals surface area contributed by atoms with Crippen LogP contribution in [0.2, 0.25) is 0 Å². The molecule has 1 atom stereocenters. The van der Waals surface area contributed by atoms with Crippen molar-refractivity contribution in [2.75, 3.05) is 6.61 Å². The van der Waals surface area contributed by atoms with Crippen LogP contribution < -0.4 is 0 Å². The molecule has 0 heterocycles. The second-order valence-corrected chi connectivity index (χ2v) is 7.78. The molecule has 1 unspecified atom stereocenters. The number of aryl methyl sites for hydroxylation is 2. The van der Waals surface area contributed by atoms with E-state index in [0.29, 0.717) is 6.61 Å². The smallest absolute Gasteiger partial charge is 0.302 e. The third-order valence-electron chi connectivity index (χ3n) is 4.95. The number of esters is 1. The van der Waals surface area contributed by atoms with Crippen LogP contribution in [0, 0.1) is 0 Å². The molecule has 0 aliphatic carbocycles. The lowest BCUT2D eigenvalue weighted by molar-refractivity contribution is -0.139. The van der Waals surface area contributed by atoms with Crippen molar-refractivity contribution >= 4 is 18.5 Å². The number of carboxylic acid groups (broad SMARTS) is 1. The third-order valence-corrected chi connectivity index (χ3v) is 4.95. The van der Waals surface area contributed by atoms with E-state index in [1.54, 1.807) is 0 Å². The van der Waals surface area contributed by atoms with Gasteiger partial charge in [-0.25, -0.2) is 0 Å². The van der Waals surface area contributed by atoms with Gasteiger partial charge in [0.15, 0.2) is 0 Å². The lowest BCUT2D eigenvalue weighted by atomic mass is 10.0. The molecule has 3 rings (SSSR count). The quantitative estimate of drug-likeness (QED) is 0.278. The van der Waals surface area contributed by atoms with E-state index in [1.807, 2.05) is 54.6 Å². The highest BCUT2D eigenvalue weighted by molar-refractivity contribution is 5.66. The van der Waals surface area contributed by atoms with Crippen LogP contribution in [-0.4, -0.2) is 35.4 Å². The topological polar surface area (TPSA) is 83.8 Å². The Bertz CT molecular complexity index is 940. The van der Waals surface area contributed by atoms with Crippen LogP contribution in [0.3, 0.4) is 0 Å². The Hall–Kier alpha value is -3.70. The highest BCUT2D eigenvalue weighted by Crippen LogP contribution is 2.11. The Kier molecular flexibility index (Phi) is 16.5. The SMILES string of the molecule is CC(=O)OCC=Cc1ccccc1.O=CO.OC(CCCc1ccccc1)CCc1ccccc1. The largest absolute Gasteiger partial charge is 0.483 e. The molecule has 0 radical (unpaired) electrons. The average Bonchev–Trinajstić information content (AvgIpc) is 2.88. The van der Waals surface area contributed by atoms with Crippen molar-refractivity contribution in [3.63, 3.8) is 0 Å². The van der Waals surface area contributed by atoms with Crippen LogP contribution >= 0.6 is 0 Å². The zero-order valence-electron chi connectivity index (χ0n) is 20.3. The van der Waals surface area contributed by atoms with Crippen molar-refractivity contribution in [2.45, 2.75) is 45.1 Å². The van der Waals surface area contributed by atoms with Crippen LogP contribution in [0.5, 0.6) is 0 Å². The highest BCUT2D eigenvalue weighted by Gasteiger charge is 2.04. The van der Waals surface area contributed by atoms with Crippen LogP contribution in [0.4, 0.5) is 0 Å². The van der Waals surface area contributed by atoms with Gasteiger partial charge in [0.05, 0.1) is 6.10 Å². The number of aliphatic hydroxyl groups excluding tert-OH is 1. The summed E-state index contributed by atoms with van der Waals surface area (Å²) >= 11 is 0. The predicted octanol–water partition coefficient (Wildman–Crippen LogP) is 5.97. The van der Waals surface area contributed by atoms with Crippen molar-refractivity contribution in [1.82, 2.24) is 0 Å². The Balaban J connectivity index is 0.000000333. The van der Waals surface area contributed by atoms with Gasteiger partial charge in [-0.3, -0.25) is 9.59 Å². The number of carbonyl (C=O) groups excluding carboxylic acids is 1.